The molecule has 0 fully saturated rings. The normalized spacial score (nSPS) is 20.7. The van der Waals surface area contributed by atoms with Gasteiger partial charge < -0.3 is 5.41 Å². The van der Waals surface area contributed by atoms with Crippen LogP contribution in [0.3, 0.4) is 0 Å². The molecule has 2 aromatic carbocycles. The van der Waals surface area contributed by atoms with Crippen LogP contribution in [0.15, 0.2) is 71.8 Å². The number of hydrogen-bond donors (Lipinski definition) is 1. The monoisotopic (exact) mass is 347 g/mol. The van der Waals surface area contributed by atoms with Gasteiger partial charge in [-0.1, -0.05) is 60.7 Å². The molecule has 1 aliphatic carbocycles. The van der Waals surface area contributed by atoms with Crippen LogP contribution in [0.1, 0.15) is 23.0 Å². The second-order valence-corrected chi connectivity index (χ2v) is 6.20. The maximum atomic E-state index is 9.95. The number of benzene rings is 2. The van der Waals surface area contributed by atoms with Crippen LogP contribution in [-0.4, -0.2) is 5.71 Å². The molecule has 0 aromatic heterocycles. The lowest BCUT2D eigenvalue weighted by molar-refractivity contribution is 0.465. The minimum absolute atomic E-state index is 0.115. The summed E-state index contributed by atoms with van der Waals surface area (Å²) < 4.78 is 0. The standard InChI is InChI=1S/C22H13N5/c23-11-17-18(12-24)21(27)22(13-25,14-26)20(16-9-5-2-6-10-16)19(17)15-7-3-1-4-8-15/h1-10,19-20,27H. The Labute approximate surface area is 157 Å². The van der Waals surface area contributed by atoms with Crippen molar-refractivity contribution in [2.45, 2.75) is 11.8 Å². The fraction of sp³-hybridized carbons (Fsp3) is 0.136. The van der Waals surface area contributed by atoms with E-state index in [0.717, 1.165) is 5.56 Å². The van der Waals surface area contributed by atoms with E-state index in [1.807, 2.05) is 30.3 Å². The Morgan fingerprint density at radius 2 is 1.26 bits per heavy atom. The molecule has 0 saturated heterocycles. The molecule has 0 spiro atoms. The molecule has 2 aromatic rings. The van der Waals surface area contributed by atoms with Crippen molar-refractivity contribution in [3.05, 3.63) is 82.9 Å². The molecule has 1 aliphatic rings. The fourth-order valence-corrected chi connectivity index (χ4v) is 3.70. The highest BCUT2D eigenvalue weighted by Gasteiger charge is 2.55. The van der Waals surface area contributed by atoms with E-state index in [4.69, 9.17) is 5.41 Å². The summed E-state index contributed by atoms with van der Waals surface area (Å²) in [6, 6.07) is 25.9. The van der Waals surface area contributed by atoms with Gasteiger partial charge in [-0.3, -0.25) is 0 Å². The minimum atomic E-state index is -1.87. The van der Waals surface area contributed by atoms with Crippen LogP contribution >= 0.6 is 0 Å². The van der Waals surface area contributed by atoms with Gasteiger partial charge in [0.05, 0.1) is 35.1 Å². The van der Waals surface area contributed by atoms with E-state index in [0.29, 0.717) is 5.56 Å². The summed E-state index contributed by atoms with van der Waals surface area (Å²) >= 11 is 0. The van der Waals surface area contributed by atoms with Crippen LogP contribution < -0.4 is 0 Å². The molecular weight excluding hydrogens is 334 g/mol. The summed E-state index contributed by atoms with van der Waals surface area (Å²) in [7, 11) is 0. The second-order valence-electron chi connectivity index (χ2n) is 6.20. The average Bonchev–Trinajstić information content (AvgIpc) is 2.74. The predicted octanol–water partition coefficient (Wildman–Crippen LogP) is 3.96. The maximum Gasteiger partial charge on any atom is 0.193 e. The first-order valence-corrected chi connectivity index (χ1v) is 8.20. The van der Waals surface area contributed by atoms with Crippen molar-refractivity contribution in [1.82, 2.24) is 0 Å². The number of nitrogens with zero attached hydrogens (tertiary/aromatic N) is 4. The van der Waals surface area contributed by atoms with E-state index in [1.54, 1.807) is 48.5 Å². The van der Waals surface area contributed by atoms with E-state index in [2.05, 4.69) is 6.07 Å². The van der Waals surface area contributed by atoms with Crippen molar-refractivity contribution in [2.24, 2.45) is 5.41 Å². The number of allylic oxidation sites excluding steroid dienone is 2. The molecule has 5 nitrogen and oxygen atoms in total. The Hall–Kier alpha value is -4.19. The quantitative estimate of drug-likeness (QED) is 0.884. The van der Waals surface area contributed by atoms with Crippen LogP contribution in [-0.2, 0) is 0 Å². The molecule has 2 atom stereocenters. The molecule has 2 unspecified atom stereocenters. The van der Waals surface area contributed by atoms with Gasteiger partial charge in [0.15, 0.2) is 5.41 Å². The zero-order valence-corrected chi connectivity index (χ0v) is 14.2. The molecule has 0 saturated carbocycles. The Bertz CT molecular complexity index is 1070. The third-order valence-electron chi connectivity index (χ3n) is 4.93. The first-order chi connectivity index (χ1) is 13.1. The zero-order valence-electron chi connectivity index (χ0n) is 14.2. The van der Waals surface area contributed by atoms with Crippen molar-refractivity contribution in [3.8, 4) is 24.3 Å². The molecule has 0 amide bonds. The van der Waals surface area contributed by atoms with Crippen LogP contribution in [0.2, 0.25) is 0 Å². The first kappa shape index (κ1) is 17.6. The highest BCUT2D eigenvalue weighted by atomic mass is 14.6. The number of rotatable bonds is 2. The third kappa shape index (κ3) is 2.56. The van der Waals surface area contributed by atoms with Crippen LogP contribution in [0.25, 0.3) is 0 Å². The highest BCUT2D eigenvalue weighted by molar-refractivity contribution is 6.11. The van der Waals surface area contributed by atoms with Gasteiger partial charge in [0.25, 0.3) is 0 Å². The molecule has 0 radical (unpaired) electrons. The molecule has 0 heterocycles. The van der Waals surface area contributed by atoms with E-state index in [9.17, 15) is 21.0 Å². The Kier molecular flexibility index (Phi) is 4.55. The van der Waals surface area contributed by atoms with Gasteiger partial charge in [0.1, 0.15) is 6.07 Å². The largest absolute Gasteiger partial charge is 0.301 e. The average molecular weight is 347 g/mol. The molecule has 1 N–H and O–H groups in total. The molecule has 126 valence electrons. The van der Waals surface area contributed by atoms with Crippen molar-refractivity contribution < 1.29 is 0 Å². The van der Waals surface area contributed by atoms with Crippen molar-refractivity contribution in [1.29, 1.82) is 26.5 Å². The smallest absolute Gasteiger partial charge is 0.193 e. The van der Waals surface area contributed by atoms with Gasteiger partial charge >= 0.3 is 0 Å². The van der Waals surface area contributed by atoms with Crippen molar-refractivity contribution >= 4 is 5.71 Å². The van der Waals surface area contributed by atoms with E-state index >= 15 is 0 Å². The Morgan fingerprint density at radius 3 is 1.70 bits per heavy atom. The first-order valence-electron chi connectivity index (χ1n) is 8.20. The summed E-state index contributed by atoms with van der Waals surface area (Å²) in [5.74, 6) is -1.46. The summed E-state index contributed by atoms with van der Waals surface area (Å²) in [6.07, 6.45) is 0. The van der Waals surface area contributed by atoms with Crippen LogP contribution in [0.4, 0.5) is 0 Å². The lowest BCUT2D eigenvalue weighted by Gasteiger charge is -2.40. The fourth-order valence-electron chi connectivity index (χ4n) is 3.70. The van der Waals surface area contributed by atoms with Crippen LogP contribution in [0, 0.1) is 56.1 Å². The second kappa shape index (κ2) is 6.97. The van der Waals surface area contributed by atoms with E-state index in [-0.39, 0.29) is 11.1 Å². The highest BCUT2D eigenvalue weighted by Crippen LogP contribution is 2.54. The molecule has 5 heteroatoms. The zero-order chi connectivity index (χ0) is 19.4. The van der Waals surface area contributed by atoms with Gasteiger partial charge in [0, 0.05) is 11.8 Å². The summed E-state index contributed by atoms with van der Waals surface area (Å²) in [6.45, 7) is 0. The van der Waals surface area contributed by atoms with Crippen molar-refractivity contribution in [3.63, 3.8) is 0 Å². The van der Waals surface area contributed by atoms with Gasteiger partial charge in [-0.15, -0.1) is 0 Å². The maximum absolute atomic E-state index is 9.95. The summed E-state index contributed by atoms with van der Waals surface area (Å²) in [5, 5.41) is 47.7. The number of nitriles is 4. The number of hydrogen-bond acceptors (Lipinski definition) is 5. The topological polar surface area (TPSA) is 119 Å². The molecule has 3 rings (SSSR count). The molecule has 27 heavy (non-hydrogen) atoms. The van der Waals surface area contributed by atoms with Gasteiger partial charge in [-0.2, -0.15) is 21.0 Å². The Balaban J connectivity index is 2.45. The van der Waals surface area contributed by atoms with Gasteiger partial charge in [0.2, 0.25) is 0 Å². The lowest BCUT2D eigenvalue weighted by atomic mass is 9.56. The van der Waals surface area contributed by atoms with E-state index in [1.165, 1.54) is 0 Å². The predicted molar refractivity (Wildman–Crippen MR) is 98.0 cm³/mol. The van der Waals surface area contributed by atoms with E-state index < -0.39 is 23.0 Å². The Morgan fingerprint density at radius 1 is 0.741 bits per heavy atom. The minimum Gasteiger partial charge on any atom is -0.301 e. The summed E-state index contributed by atoms with van der Waals surface area (Å²) in [4.78, 5) is 0. The van der Waals surface area contributed by atoms with Gasteiger partial charge in [-0.05, 0) is 11.1 Å². The van der Waals surface area contributed by atoms with Crippen LogP contribution in [0.5, 0.6) is 0 Å². The number of nitrogens with one attached hydrogen (secondary N) is 1. The SMILES string of the molecule is N#CC1=C(C#N)C(c2ccccc2)C(c2ccccc2)C(C#N)(C#N)C1=N. The molecule has 0 aliphatic heterocycles. The third-order valence-corrected chi connectivity index (χ3v) is 4.93. The molecular formula is C22H13N5. The van der Waals surface area contributed by atoms with Gasteiger partial charge in [-0.25, -0.2) is 0 Å². The lowest BCUT2D eigenvalue weighted by Crippen LogP contribution is -2.43. The summed E-state index contributed by atoms with van der Waals surface area (Å²) in [5.41, 5.74) is -0.965. The molecule has 0 bridgehead atoms. The van der Waals surface area contributed by atoms with Crippen molar-refractivity contribution in [2.75, 3.05) is 0 Å².